The predicted molar refractivity (Wildman–Crippen MR) is 109 cm³/mol. The first kappa shape index (κ1) is 17.9. The molecular formula is C23H22N2O4. The Bertz CT molecular complexity index is 1150. The highest BCUT2D eigenvalue weighted by atomic mass is 16.5. The van der Waals surface area contributed by atoms with Crippen molar-refractivity contribution in [3.63, 3.8) is 0 Å². The first-order chi connectivity index (χ1) is 14.1. The van der Waals surface area contributed by atoms with Crippen molar-refractivity contribution in [1.82, 2.24) is 9.80 Å². The van der Waals surface area contributed by atoms with Gasteiger partial charge in [-0.2, -0.15) is 0 Å². The van der Waals surface area contributed by atoms with Gasteiger partial charge in [0.15, 0.2) is 11.3 Å². The molecule has 0 unspecified atom stereocenters. The minimum absolute atomic E-state index is 0.0770. The Morgan fingerprint density at radius 2 is 1.90 bits per heavy atom. The van der Waals surface area contributed by atoms with Crippen molar-refractivity contribution in [2.24, 2.45) is 0 Å². The Hall–Kier alpha value is -3.12. The highest BCUT2D eigenvalue weighted by Crippen LogP contribution is 2.27. The summed E-state index contributed by atoms with van der Waals surface area (Å²) in [6.07, 6.45) is 1.04. The molecule has 1 amide bonds. The molecular weight excluding hydrogens is 368 g/mol. The third-order valence-corrected chi connectivity index (χ3v) is 6.00. The van der Waals surface area contributed by atoms with Crippen LogP contribution in [0.2, 0.25) is 0 Å². The molecule has 3 heterocycles. The first-order valence-electron chi connectivity index (χ1n) is 9.85. The minimum atomic E-state index is -0.623. The second kappa shape index (κ2) is 7.04. The number of hydrogen-bond donors (Lipinski definition) is 0. The van der Waals surface area contributed by atoms with E-state index < -0.39 is 5.63 Å². The van der Waals surface area contributed by atoms with Gasteiger partial charge in [-0.1, -0.05) is 36.4 Å². The van der Waals surface area contributed by atoms with Crippen molar-refractivity contribution < 1.29 is 13.9 Å². The summed E-state index contributed by atoms with van der Waals surface area (Å²) in [5, 5.41) is 0.678. The Balaban J connectivity index is 1.31. The Morgan fingerprint density at radius 1 is 1.10 bits per heavy atom. The van der Waals surface area contributed by atoms with Gasteiger partial charge >= 0.3 is 5.63 Å². The molecule has 6 nitrogen and oxygen atoms in total. The molecule has 0 aliphatic carbocycles. The molecule has 2 aliphatic heterocycles. The molecule has 2 aliphatic rings. The summed E-state index contributed by atoms with van der Waals surface area (Å²) in [5.74, 6) is 0.213. The van der Waals surface area contributed by atoms with Gasteiger partial charge in [0, 0.05) is 37.6 Å². The summed E-state index contributed by atoms with van der Waals surface area (Å²) in [4.78, 5) is 29.5. The van der Waals surface area contributed by atoms with E-state index in [4.69, 9.17) is 9.15 Å². The number of amides is 1. The molecule has 0 saturated carbocycles. The molecule has 0 bridgehead atoms. The van der Waals surface area contributed by atoms with Crippen molar-refractivity contribution in [3.8, 4) is 5.75 Å². The lowest BCUT2D eigenvalue weighted by Gasteiger charge is -2.46. The van der Waals surface area contributed by atoms with Crippen molar-refractivity contribution in [2.45, 2.75) is 19.0 Å². The van der Waals surface area contributed by atoms with E-state index in [1.54, 1.807) is 17.0 Å². The van der Waals surface area contributed by atoms with Crippen LogP contribution in [0, 0.1) is 0 Å². The summed E-state index contributed by atoms with van der Waals surface area (Å²) < 4.78 is 10.6. The van der Waals surface area contributed by atoms with Crippen LogP contribution >= 0.6 is 0 Å². The second-order valence-corrected chi connectivity index (χ2v) is 7.68. The van der Waals surface area contributed by atoms with E-state index in [0.29, 0.717) is 35.9 Å². The van der Waals surface area contributed by atoms with Gasteiger partial charge in [-0.15, -0.1) is 0 Å². The number of hydrogen-bond acceptors (Lipinski definition) is 5. The number of methoxy groups -OCH3 is 1. The fourth-order valence-corrected chi connectivity index (χ4v) is 4.28. The maximum absolute atomic E-state index is 12.9. The Morgan fingerprint density at radius 3 is 2.69 bits per heavy atom. The summed E-state index contributed by atoms with van der Waals surface area (Å²) in [5.41, 5.74) is 2.61. The van der Waals surface area contributed by atoms with E-state index in [2.05, 4.69) is 29.2 Å². The molecule has 6 heteroatoms. The lowest BCUT2D eigenvalue weighted by molar-refractivity contribution is 0.0215. The van der Waals surface area contributed by atoms with Crippen LogP contribution in [0.15, 0.2) is 57.7 Å². The molecule has 2 aromatic carbocycles. The third kappa shape index (κ3) is 3.09. The highest BCUT2D eigenvalue weighted by Gasteiger charge is 2.37. The lowest BCUT2D eigenvalue weighted by atomic mass is 9.96. The number of likely N-dealkylation sites (tertiary alicyclic amines) is 1. The van der Waals surface area contributed by atoms with Crippen LogP contribution in [0.4, 0.5) is 0 Å². The quantitative estimate of drug-likeness (QED) is 0.644. The molecule has 0 atom stereocenters. The standard InChI is InChI=1S/C23H22N2O4/c1-28-20-8-4-7-16-11-19(23(27)29-21(16)20)22(26)25-13-18(14-25)24-10-9-15-5-2-3-6-17(15)12-24/h2-8,11,18H,9-10,12-14H2,1H3. The molecule has 1 saturated heterocycles. The van der Waals surface area contributed by atoms with Gasteiger partial charge in [0.25, 0.3) is 5.91 Å². The van der Waals surface area contributed by atoms with Gasteiger partial charge in [0.1, 0.15) is 5.56 Å². The number of benzene rings is 2. The van der Waals surface area contributed by atoms with Crippen molar-refractivity contribution in [3.05, 3.63) is 75.6 Å². The van der Waals surface area contributed by atoms with Gasteiger partial charge in [0.2, 0.25) is 0 Å². The summed E-state index contributed by atoms with van der Waals surface area (Å²) in [7, 11) is 1.52. The number of carbonyl (C=O) groups is 1. The normalized spacial score (nSPS) is 17.1. The number of para-hydroxylation sites is 1. The van der Waals surface area contributed by atoms with Crippen LogP contribution in [-0.4, -0.2) is 48.5 Å². The molecule has 3 aromatic rings. The molecule has 0 N–H and O–H groups in total. The molecule has 29 heavy (non-hydrogen) atoms. The van der Waals surface area contributed by atoms with Gasteiger partial charge in [0.05, 0.1) is 7.11 Å². The van der Waals surface area contributed by atoms with Gasteiger partial charge in [-0.3, -0.25) is 9.69 Å². The molecule has 0 spiro atoms. The zero-order valence-electron chi connectivity index (χ0n) is 16.3. The maximum Gasteiger partial charge on any atom is 0.349 e. The number of fused-ring (bicyclic) bond motifs is 2. The van der Waals surface area contributed by atoms with Crippen molar-refractivity contribution in [1.29, 1.82) is 0 Å². The van der Waals surface area contributed by atoms with E-state index in [0.717, 1.165) is 19.5 Å². The van der Waals surface area contributed by atoms with E-state index in [1.807, 2.05) is 12.1 Å². The van der Waals surface area contributed by atoms with Gasteiger partial charge < -0.3 is 14.1 Å². The summed E-state index contributed by atoms with van der Waals surface area (Å²) >= 11 is 0. The third-order valence-electron chi connectivity index (χ3n) is 6.00. The van der Waals surface area contributed by atoms with Crippen LogP contribution in [0.3, 0.4) is 0 Å². The number of ether oxygens (including phenoxy) is 1. The maximum atomic E-state index is 12.9. The van der Waals surface area contributed by atoms with Crippen molar-refractivity contribution >= 4 is 16.9 Å². The van der Waals surface area contributed by atoms with Crippen LogP contribution in [0.1, 0.15) is 21.5 Å². The number of nitrogens with zero attached hydrogens (tertiary/aromatic N) is 2. The SMILES string of the molecule is COc1cccc2cc(C(=O)N3CC(N4CCc5ccccc5C4)C3)c(=O)oc12. The fourth-order valence-electron chi connectivity index (χ4n) is 4.28. The van der Waals surface area contributed by atoms with E-state index in [1.165, 1.54) is 18.2 Å². The smallest absolute Gasteiger partial charge is 0.349 e. The van der Waals surface area contributed by atoms with Crippen LogP contribution in [0.5, 0.6) is 5.75 Å². The molecule has 0 radical (unpaired) electrons. The molecule has 1 fully saturated rings. The summed E-state index contributed by atoms with van der Waals surface area (Å²) in [6.45, 7) is 3.19. The molecule has 5 rings (SSSR count). The van der Waals surface area contributed by atoms with Gasteiger partial charge in [-0.05, 0) is 29.7 Å². The average Bonchev–Trinajstić information content (AvgIpc) is 2.71. The predicted octanol–water partition coefficient (Wildman–Crippen LogP) is 2.68. The van der Waals surface area contributed by atoms with Crippen LogP contribution in [-0.2, 0) is 13.0 Å². The number of rotatable bonds is 3. The highest BCUT2D eigenvalue weighted by molar-refractivity contribution is 5.97. The Labute approximate surface area is 168 Å². The van der Waals surface area contributed by atoms with Crippen molar-refractivity contribution in [2.75, 3.05) is 26.7 Å². The second-order valence-electron chi connectivity index (χ2n) is 7.68. The largest absolute Gasteiger partial charge is 0.493 e. The average molecular weight is 390 g/mol. The van der Waals surface area contributed by atoms with Crippen LogP contribution in [0.25, 0.3) is 11.0 Å². The van der Waals surface area contributed by atoms with Gasteiger partial charge in [-0.25, -0.2) is 4.79 Å². The zero-order chi connectivity index (χ0) is 20.0. The van der Waals surface area contributed by atoms with Crippen LogP contribution < -0.4 is 10.4 Å². The summed E-state index contributed by atoms with van der Waals surface area (Å²) in [6, 6.07) is 15.8. The topological polar surface area (TPSA) is 63.0 Å². The Kier molecular flexibility index (Phi) is 4.36. The number of carbonyl (C=O) groups excluding carboxylic acids is 1. The minimum Gasteiger partial charge on any atom is -0.493 e. The molecule has 1 aromatic heterocycles. The first-order valence-corrected chi connectivity index (χ1v) is 9.85. The molecule has 148 valence electrons. The lowest BCUT2D eigenvalue weighted by Crippen LogP contribution is -2.62. The van der Waals surface area contributed by atoms with E-state index in [-0.39, 0.29) is 11.5 Å². The van der Waals surface area contributed by atoms with E-state index in [9.17, 15) is 9.59 Å². The zero-order valence-corrected chi connectivity index (χ0v) is 16.3. The fraction of sp³-hybridized carbons (Fsp3) is 0.304. The van der Waals surface area contributed by atoms with E-state index >= 15 is 0 Å². The monoisotopic (exact) mass is 390 g/mol.